The monoisotopic (exact) mass is 349 g/mol. The maximum atomic E-state index is 12.0. The standard InChI is InChI=1S/C19H27NO3S/c1-14-7-6-10-17(15(14)2)20-18(21)13-23-19(22)11-12-24-16-8-4-3-5-9-16/h3-5,8-9,14-15,17H,6-7,10-13H2,1-2H3,(H,20,21)/t14-,15+,17-/m1/s1. The lowest BCUT2D eigenvalue weighted by molar-refractivity contribution is -0.148. The third-order valence-corrected chi connectivity index (χ3v) is 5.75. The normalized spacial score (nSPS) is 23.5. The van der Waals surface area contributed by atoms with Gasteiger partial charge in [0, 0.05) is 16.7 Å². The molecule has 1 aliphatic carbocycles. The molecule has 1 aromatic carbocycles. The molecule has 1 amide bonds. The van der Waals surface area contributed by atoms with Gasteiger partial charge in [-0.25, -0.2) is 0 Å². The Labute approximate surface area is 148 Å². The second-order valence-corrected chi connectivity index (χ2v) is 7.68. The van der Waals surface area contributed by atoms with Gasteiger partial charge < -0.3 is 10.1 Å². The fourth-order valence-corrected chi connectivity index (χ4v) is 3.88. The van der Waals surface area contributed by atoms with Gasteiger partial charge in [-0.15, -0.1) is 11.8 Å². The minimum absolute atomic E-state index is 0.174. The first-order valence-electron chi connectivity index (χ1n) is 8.69. The van der Waals surface area contributed by atoms with E-state index in [1.165, 1.54) is 6.42 Å². The molecule has 1 saturated carbocycles. The minimum Gasteiger partial charge on any atom is -0.456 e. The van der Waals surface area contributed by atoms with Gasteiger partial charge in [0.05, 0.1) is 6.42 Å². The van der Waals surface area contributed by atoms with E-state index >= 15 is 0 Å². The van der Waals surface area contributed by atoms with E-state index in [-0.39, 0.29) is 24.5 Å². The van der Waals surface area contributed by atoms with Gasteiger partial charge in [-0.3, -0.25) is 9.59 Å². The molecule has 1 aromatic rings. The summed E-state index contributed by atoms with van der Waals surface area (Å²) < 4.78 is 5.08. The van der Waals surface area contributed by atoms with Crippen molar-refractivity contribution in [3.63, 3.8) is 0 Å². The van der Waals surface area contributed by atoms with Crippen LogP contribution < -0.4 is 5.32 Å². The molecule has 3 atom stereocenters. The Morgan fingerprint density at radius 3 is 2.71 bits per heavy atom. The van der Waals surface area contributed by atoms with Crippen molar-refractivity contribution in [3.8, 4) is 0 Å². The molecule has 0 radical (unpaired) electrons. The van der Waals surface area contributed by atoms with Gasteiger partial charge in [0.25, 0.3) is 5.91 Å². The van der Waals surface area contributed by atoms with Crippen molar-refractivity contribution < 1.29 is 14.3 Å². The van der Waals surface area contributed by atoms with Gasteiger partial charge in [0.15, 0.2) is 6.61 Å². The van der Waals surface area contributed by atoms with Gasteiger partial charge in [-0.2, -0.15) is 0 Å². The van der Waals surface area contributed by atoms with E-state index in [0.29, 0.717) is 24.0 Å². The van der Waals surface area contributed by atoms with E-state index in [4.69, 9.17) is 4.74 Å². The highest BCUT2D eigenvalue weighted by Gasteiger charge is 2.28. The number of esters is 1. The maximum absolute atomic E-state index is 12.0. The van der Waals surface area contributed by atoms with Crippen LogP contribution in [-0.2, 0) is 14.3 Å². The van der Waals surface area contributed by atoms with Crippen molar-refractivity contribution >= 4 is 23.6 Å². The molecule has 0 saturated heterocycles. The van der Waals surface area contributed by atoms with E-state index in [2.05, 4.69) is 19.2 Å². The SMILES string of the molecule is C[C@H]1[C@H](C)CCC[C@H]1NC(=O)COC(=O)CCSc1ccccc1. The highest BCUT2D eigenvalue weighted by molar-refractivity contribution is 7.99. The van der Waals surface area contributed by atoms with Crippen molar-refractivity contribution in [1.29, 1.82) is 0 Å². The van der Waals surface area contributed by atoms with Crippen LogP contribution in [0.25, 0.3) is 0 Å². The summed E-state index contributed by atoms with van der Waals surface area (Å²) in [5.41, 5.74) is 0. The summed E-state index contributed by atoms with van der Waals surface area (Å²) in [6, 6.07) is 10.1. The zero-order valence-electron chi connectivity index (χ0n) is 14.5. The summed E-state index contributed by atoms with van der Waals surface area (Å²) in [5, 5.41) is 3.01. The number of amides is 1. The highest BCUT2D eigenvalue weighted by atomic mass is 32.2. The maximum Gasteiger partial charge on any atom is 0.307 e. The number of rotatable bonds is 7. The van der Waals surface area contributed by atoms with Crippen molar-refractivity contribution in [2.45, 2.75) is 50.5 Å². The van der Waals surface area contributed by atoms with Crippen molar-refractivity contribution in [2.75, 3.05) is 12.4 Å². The van der Waals surface area contributed by atoms with Gasteiger partial charge in [0.2, 0.25) is 0 Å². The van der Waals surface area contributed by atoms with Gasteiger partial charge in [-0.05, 0) is 30.4 Å². The molecule has 0 bridgehead atoms. The van der Waals surface area contributed by atoms with Crippen LogP contribution in [0.5, 0.6) is 0 Å². The molecule has 5 heteroatoms. The molecule has 0 spiro atoms. The number of nitrogens with one attached hydrogen (secondary N) is 1. The summed E-state index contributed by atoms with van der Waals surface area (Å²) in [4.78, 5) is 24.8. The molecule has 0 unspecified atom stereocenters. The first-order chi connectivity index (χ1) is 11.6. The summed E-state index contributed by atoms with van der Waals surface area (Å²) in [6.07, 6.45) is 3.69. The van der Waals surface area contributed by atoms with Crippen molar-refractivity contribution in [3.05, 3.63) is 30.3 Å². The average Bonchev–Trinajstić information content (AvgIpc) is 2.58. The molecule has 0 aliphatic heterocycles. The van der Waals surface area contributed by atoms with Gasteiger partial charge in [0.1, 0.15) is 0 Å². The molecule has 24 heavy (non-hydrogen) atoms. The van der Waals surface area contributed by atoms with Crippen LogP contribution >= 0.6 is 11.8 Å². The summed E-state index contributed by atoms with van der Waals surface area (Å²) >= 11 is 1.61. The number of hydrogen-bond donors (Lipinski definition) is 1. The fourth-order valence-electron chi connectivity index (χ4n) is 3.02. The highest BCUT2D eigenvalue weighted by Crippen LogP contribution is 2.29. The molecule has 0 heterocycles. The van der Waals surface area contributed by atoms with E-state index in [1.807, 2.05) is 30.3 Å². The van der Waals surface area contributed by atoms with E-state index in [1.54, 1.807) is 11.8 Å². The molecule has 1 N–H and O–H groups in total. The Morgan fingerprint density at radius 2 is 1.96 bits per heavy atom. The molecular formula is C19H27NO3S. The van der Waals surface area contributed by atoms with Gasteiger partial charge >= 0.3 is 5.97 Å². The van der Waals surface area contributed by atoms with E-state index < -0.39 is 0 Å². The second-order valence-electron chi connectivity index (χ2n) is 6.51. The Kier molecular flexibility index (Phi) is 7.63. The Hall–Kier alpha value is -1.49. The summed E-state index contributed by atoms with van der Waals surface area (Å²) in [7, 11) is 0. The Morgan fingerprint density at radius 1 is 1.21 bits per heavy atom. The van der Waals surface area contributed by atoms with Crippen molar-refractivity contribution in [2.24, 2.45) is 11.8 Å². The predicted octanol–water partition coefficient (Wildman–Crippen LogP) is 3.65. The van der Waals surface area contributed by atoms with Crippen LogP contribution in [0.3, 0.4) is 0 Å². The topological polar surface area (TPSA) is 55.4 Å². The second kappa shape index (κ2) is 9.72. The Bertz CT molecular complexity index is 535. The van der Waals surface area contributed by atoms with Crippen LogP contribution in [0, 0.1) is 11.8 Å². The molecule has 1 fully saturated rings. The number of carbonyl (C=O) groups is 2. The number of ether oxygens (including phenoxy) is 1. The zero-order chi connectivity index (χ0) is 17.4. The molecule has 1 aliphatic rings. The van der Waals surface area contributed by atoms with Crippen molar-refractivity contribution in [1.82, 2.24) is 5.32 Å². The van der Waals surface area contributed by atoms with E-state index in [9.17, 15) is 9.59 Å². The zero-order valence-corrected chi connectivity index (χ0v) is 15.3. The van der Waals surface area contributed by atoms with Gasteiger partial charge in [-0.1, -0.05) is 44.9 Å². The number of carbonyl (C=O) groups excluding carboxylic acids is 2. The Balaban J connectivity index is 1.61. The molecule has 2 rings (SSSR count). The summed E-state index contributed by atoms with van der Waals surface area (Å²) in [5.74, 6) is 1.24. The van der Waals surface area contributed by atoms with Crippen LogP contribution in [0.15, 0.2) is 35.2 Å². The largest absolute Gasteiger partial charge is 0.456 e. The molecule has 132 valence electrons. The fraction of sp³-hybridized carbons (Fsp3) is 0.579. The summed E-state index contributed by atoms with van der Waals surface area (Å²) in [6.45, 7) is 4.24. The van der Waals surface area contributed by atoms with E-state index in [0.717, 1.165) is 17.7 Å². The van der Waals surface area contributed by atoms with Crippen LogP contribution in [0.2, 0.25) is 0 Å². The predicted molar refractivity (Wildman–Crippen MR) is 96.9 cm³/mol. The lowest BCUT2D eigenvalue weighted by atomic mass is 9.78. The molecular weight excluding hydrogens is 322 g/mol. The lowest BCUT2D eigenvalue weighted by Gasteiger charge is -2.34. The smallest absolute Gasteiger partial charge is 0.307 e. The van der Waals surface area contributed by atoms with Crippen LogP contribution in [-0.4, -0.2) is 30.3 Å². The first kappa shape index (κ1) is 18.8. The van der Waals surface area contributed by atoms with Crippen LogP contribution in [0.4, 0.5) is 0 Å². The minimum atomic E-state index is -0.321. The lowest BCUT2D eigenvalue weighted by Crippen LogP contribution is -2.45. The van der Waals surface area contributed by atoms with Crippen LogP contribution in [0.1, 0.15) is 39.5 Å². The number of thioether (sulfide) groups is 1. The first-order valence-corrected chi connectivity index (χ1v) is 9.67. The third kappa shape index (κ3) is 6.19. The third-order valence-electron chi connectivity index (χ3n) is 4.74. The molecule has 0 aromatic heterocycles. The average molecular weight is 349 g/mol. The quantitative estimate of drug-likeness (QED) is 0.603. The number of benzene rings is 1. The molecule has 4 nitrogen and oxygen atoms in total. The number of hydrogen-bond acceptors (Lipinski definition) is 4.